The number of rotatable bonds is 5. The van der Waals surface area contributed by atoms with E-state index >= 15 is 0 Å². The summed E-state index contributed by atoms with van der Waals surface area (Å²) >= 11 is 0. The Hall–Kier alpha value is -0.900. The molecule has 0 fully saturated rings. The van der Waals surface area contributed by atoms with Crippen molar-refractivity contribution in [1.82, 2.24) is 0 Å². The molecule has 0 bridgehead atoms. The molecule has 0 saturated carbocycles. The van der Waals surface area contributed by atoms with Gasteiger partial charge in [0.1, 0.15) is 12.0 Å². The van der Waals surface area contributed by atoms with E-state index in [0.29, 0.717) is 6.42 Å². The summed E-state index contributed by atoms with van der Waals surface area (Å²) in [6.45, 7) is 3.15. The number of carbonyl (C=O) groups is 2. The van der Waals surface area contributed by atoms with Gasteiger partial charge in [-0.3, -0.25) is 9.59 Å². The Morgan fingerprint density at radius 3 is 2.25 bits per heavy atom. The van der Waals surface area contributed by atoms with Crippen LogP contribution < -0.4 is 0 Å². The highest BCUT2D eigenvalue weighted by Gasteiger charge is 2.26. The summed E-state index contributed by atoms with van der Waals surface area (Å²) in [7, 11) is 1.40. The Morgan fingerprint density at radius 1 is 1.50 bits per heavy atom. The lowest BCUT2D eigenvalue weighted by molar-refractivity contribution is -0.149. The highest BCUT2D eigenvalue weighted by molar-refractivity contribution is 6.00. The number of carboxylic acids is 1. The van der Waals surface area contributed by atoms with Gasteiger partial charge in [0, 0.05) is 7.11 Å². The van der Waals surface area contributed by atoms with Gasteiger partial charge in [0.15, 0.2) is 5.78 Å². The molecule has 0 aromatic rings. The van der Waals surface area contributed by atoms with Crippen molar-refractivity contribution in [3.63, 3.8) is 0 Å². The molecule has 0 amide bonds. The largest absolute Gasteiger partial charge is 0.481 e. The molecule has 0 saturated heterocycles. The molecule has 0 aromatic carbocycles. The van der Waals surface area contributed by atoms with Crippen LogP contribution in [-0.4, -0.2) is 30.1 Å². The van der Waals surface area contributed by atoms with Crippen LogP contribution in [0.2, 0.25) is 0 Å². The maximum Gasteiger partial charge on any atom is 0.313 e. The fourth-order valence-electron chi connectivity index (χ4n) is 0.885. The summed E-state index contributed by atoms with van der Waals surface area (Å²) in [5, 5.41) is 8.52. The highest BCUT2D eigenvalue weighted by Crippen LogP contribution is 2.07. The molecule has 2 unspecified atom stereocenters. The van der Waals surface area contributed by atoms with E-state index in [1.807, 2.05) is 0 Å². The minimum Gasteiger partial charge on any atom is -0.481 e. The maximum atomic E-state index is 11.2. The van der Waals surface area contributed by atoms with Gasteiger partial charge >= 0.3 is 5.97 Å². The summed E-state index contributed by atoms with van der Waals surface area (Å²) in [6.07, 6.45) is -0.0800. The number of carbonyl (C=O) groups excluding carboxylic acids is 1. The molecule has 70 valence electrons. The van der Waals surface area contributed by atoms with Gasteiger partial charge in [0.05, 0.1) is 0 Å². The van der Waals surface area contributed by atoms with Crippen LogP contribution in [0, 0.1) is 5.92 Å². The average Bonchev–Trinajstić information content (AvgIpc) is 2.05. The third kappa shape index (κ3) is 2.62. The number of ketones is 1. The van der Waals surface area contributed by atoms with E-state index in [-0.39, 0.29) is 5.78 Å². The fourth-order valence-corrected chi connectivity index (χ4v) is 0.885. The molecular weight excluding hydrogens is 160 g/mol. The standard InChI is InChI=1S/C8H14O4/c1-4-6(12-3)7(9)5(2)8(10)11/h5-6H,4H2,1-3H3,(H,10,11). The Balaban J connectivity index is 4.25. The van der Waals surface area contributed by atoms with Crippen molar-refractivity contribution in [2.75, 3.05) is 7.11 Å². The Kier molecular flexibility index (Phi) is 4.51. The minimum atomic E-state index is -1.10. The zero-order valence-corrected chi connectivity index (χ0v) is 7.53. The highest BCUT2D eigenvalue weighted by atomic mass is 16.5. The number of methoxy groups -OCH3 is 1. The zero-order chi connectivity index (χ0) is 9.72. The molecule has 0 aliphatic heterocycles. The summed E-state index contributed by atoms with van der Waals surface area (Å²) in [4.78, 5) is 21.6. The quantitative estimate of drug-likeness (QED) is 0.623. The molecule has 0 spiro atoms. The van der Waals surface area contributed by atoms with Crippen molar-refractivity contribution >= 4 is 11.8 Å². The van der Waals surface area contributed by atoms with E-state index < -0.39 is 18.0 Å². The smallest absolute Gasteiger partial charge is 0.313 e. The van der Waals surface area contributed by atoms with Crippen LogP contribution in [0.1, 0.15) is 20.3 Å². The third-order valence-corrected chi connectivity index (χ3v) is 1.77. The first kappa shape index (κ1) is 11.1. The molecule has 0 aliphatic rings. The van der Waals surface area contributed by atoms with Gasteiger partial charge in [-0.1, -0.05) is 6.92 Å². The normalized spacial score (nSPS) is 15.2. The fraction of sp³-hybridized carbons (Fsp3) is 0.750. The molecule has 12 heavy (non-hydrogen) atoms. The van der Waals surface area contributed by atoms with Crippen molar-refractivity contribution in [2.24, 2.45) is 5.92 Å². The van der Waals surface area contributed by atoms with Crippen molar-refractivity contribution in [3.05, 3.63) is 0 Å². The molecule has 2 atom stereocenters. The lowest BCUT2D eigenvalue weighted by atomic mass is 10.0. The monoisotopic (exact) mass is 174 g/mol. The molecule has 4 heteroatoms. The summed E-state index contributed by atoms with van der Waals surface area (Å²) in [5.74, 6) is -2.45. The van der Waals surface area contributed by atoms with E-state index in [1.54, 1.807) is 6.92 Å². The van der Waals surface area contributed by atoms with Gasteiger partial charge in [-0.15, -0.1) is 0 Å². The summed E-state index contributed by atoms with van der Waals surface area (Å²) in [5.41, 5.74) is 0. The number of carboxylic acid groups (broad SMARTS) is 1. The number of hydrogen-bond donors (Lipinski definition) is 1. The first-order valence-corrected chi connectivity index (χ1v) is 3.83. The van der Waals surface area contributed by atoms with Crippen LogP contribution in [0.15, 0.2) is 0 Å². The van der Waals surface area contributed by atoms with E-state index in [4.69, 9.17) is 9.84 Å². The van der Waals surface area contributed by atoms with Gasteiger partial charge in [0.25, 0.3) is 0 Å². The molecule has 0 aromatic heterocycles. The second-order valence-corrected chi connectivity index (χ2v) is 2.59. The van der Waals surface area contributed by atoms with Crippen LogP contribution in [0.5, 0.6) is 0 Å². The van der Waals surface area contributed by atoms with Gasteiger partial charge < -0.3 is 9.84 Å². The van der Waals surface area contributed by atoms with E-state index in [2.05, 4.69) is 0 Å². The van der Waals surface area contributed by atoms with Crippen LogP contribution in [0.25, 0.3) is 0 Å². The SMILES string of the molecule is CCC(OC)C(=O)C(C)C(=O)O. The average molecular weight is 174 g/mol. The van der Waals surface area contributed by atoms with Crippen LogP contribution >= 0.6 is 0 Å². The van der Waals surface area contributed by atoms with Crippen LogP contribution in [0.3, 0.4) is 0 Å². The Bertz CT molecular complexity index is 172. The van der Waals surface area contributed by atoms with Gasteiger partial charge in [-0.25, -0.2) is 0 Å². The number of ether oxygens (including phenoxy) is 1. The summed E-state index contributed by atoms with van der Waals surface area (Å²) < 4.78 is 4.82. The molecule has 0 heterocycles. The maximum absolute atomic E-state index is 11.2. The first-order chi connectivity index (χ1) is 5.54. The number of Topliss-reactive ketones (excluding diaryl/α,β-unsaturated/α-hetero) is 1. The van der Waals surface area contributed by atoms with Crippen LogP contribution in [-0.2, 0) is 14.3 Å². The Labute approximate surface area is 71.5 Å². The van der Waals surface area contributed by atoms with Crippen molar-refractivity contribution in [3.8, 4) is 0 Å². The minimum absolute atomic E-state index is 0.368. The Morgan fingerprint density at radius 2 is 2.00 bits per heavy atom. The van der Waals surface area contributed by atoms with Crippen molar-refractivity contribution in [2.45, 2.75) is 26.4 Å². The topological polar surface area (TPSA) is 63.6 Å². The third-order valence-electron chi connectivity index (χ3n) is 1.77. The second kappa shape index (κ2) is 4.87. The molecule has 0 aliphatic carbocycles. The predicted octanol–water partition coefficient (Wildman–Crippen LogP) is 0.701. The lowest BCUT2D eigenvalue weighted by Crippen LogP contribution is -2.32. The van der Waals surface area contributed by atoms with E-state index in [1.165, 1.54) is 14.0 Å². The lowest BCUT2D eigenvalue weighted by Gasteiger charge is -2.13. The first-order valence-electron chi connectivity index (χ1n) is 3.83. The van der Waals surface area contributed by atoms with Gasteiger partial charge in [-0.2, -0.15) is 0 Å². The second-order valence-electron chi connectivity index (χ2n) is 2.59. The molecule has 1 N–H and O–H groups in total. The van der Waals surface area contributed by atoms with Crippen molar-refractivity contribution < 1.29 is 19.4 Å². The predicted molar refractivity (Wildman–Crippen MR) is 42.9 cm³/mol. The number of hydrogen-bond acceptors (Lipinski definition) is 3. The van der Waals surface area contributed by atoms with Crippen LogP contribution in [0.4, 0.5) is 0 Å². The molecule has 4 nitrogen and oxygen atoms in total. The van der Waals surface area contributed by atoms with E-state index in [9.17, 15) is 9.59 Å². The molecule has 0 rings (SSSR count). The molecule has 0 radical (unpaired) electrons. The summed E-state index contributed by atoms with van der Waals surface area (Å²) in [6, 6.07) is 0. The van der Waals surface area contributed by atoms with Gasteiger partial charge in [0.2, 0.25) is 0 Å². The van der Waals surface area contributed by atoms with Gasteiger partial charge in [-0.05, 0) is 13.3 Å². The molecular formula is C8H14O4. The van der Waals surface area contributed by atoms with E-state index in [0.717, 1.165) is 0 Å². The van der Waals surface area contributed by atoms with Crippen molar-refractivity contribution in [1.29, 1.82) is 0 Å². The zero-order valence-electron chi connectivity index (χ0n) is 7.53. The number of aliphatic carboxylic acids is 1.